The number of carbonyl (C=O) groups excluding carboxylic acids is 1. The molecule has 3 rings (SSSR count). The molecule has 0 aliphatic rings. The molecule has 194 valence electrons. The molecule has 7 nitrogen and oxygen atoms in total. The summed E-state index contributed by atoms with van der Waals surface area (Å²) in [6, 6.07) is 15.2. The third-order valence-electron chi connectivity index (χ3n) is 5.62. The van der Waals surface area contributed by atoms with Crippen LogP contribution in [0.5, 0.6) is 0 Å². The Morgan fingerprint density at radius 3 is 2.39 bits per heavy atom. The first-order valence-electron chi connectivity index (χ1n) is 11.8. The third kappa shape index (κ3) is 7.48. The lowest BCUT2D eigenvalue weighted by Crippen LogP contribution is -2.36. The van der Waals surface area contributed by atoms with Crippen molar-refractivity contribution >= 4 is 15.7 Å². The van der Waals surface area contributed by atoms with Gasteiger partial charge in [0, 0.05) is 25.6 Å². The maximum atomic E-state index is 14.3. The molecular weight excluding hydrogens is 481 g/mol. The van der Waals surface area contributed by atoms with E-state index in [0.717, 1.165) is 5.56 Å². The van der Waals surface area contributed by atoms with Gasteiger partial charge in [-0.25, -0.2) is 17.8 Å². The van der Waals surface area contributed by atoms with E-state index in [1.54, 1.807) is 22.6 Å². The van der Waals surface area contributed by atoms with Crippen LogP contribution in [0.3, 0.4) is 0 Å². The van der Waals surface area contributed by atoms with Gasteiger partial charge >= 0.3 is 0 Å². The molecule has 0 spiro atoms. The summed E-state index contributed by atoms with van der Waals surface area (Å²) in [7, 11) is -2.41. The molecule has 0 fully saturated rings. The first-order chi connectivity index (χ1) is 17.0. The van der Waals surface area contributed by atoms with E-state index < -0.39 is 21.4 Å². The van der Waals surface area contributed by atoms with E-state index in [4.69, 9.17) is 4.74 Å². The van der Waals surface area contributed by atoms with E-state index in [-0.39, 0.29) is 35.1 Å². The van der Waals surface area contributed by atoms with Crippen molar-refractivity contribution in [2.24, 2.45) is 5.41 Å². The Morgan fingerprint density at radius 1 is 1.08 bits per heavy atom. The van der Waals surface area contributed by atoms with Crippen LogP contribution in [0, 0.1) is 11.2 Å². The van der Waals surface area contributed by atoms with Gasteiger partial charge in [-0.05, 0) is 17.0 Å². The zero-order valence-electron chi connectivity index (χ0n) is 21.3. The lowest BCUT2D eigenvalue weighted by molar-refractivity contribution is -0.134. The summed E-state index contributed by atoms with van der Waals surface area (Å²) in [5, 5.41) is -0.153. The zero-order chi connectivity index (χ0) is 26.3. The number of sulfone groups is 1. The predicted octanol–water partition coefficient (Wildman–Crippen LogP) is 4.46. The van der Waals surface area contributed by atoms with Crippen LogP contribution in [0.15, 0.2) is 66.0 Å². The Balaban J connectivity index is 2.00. The molecule has 0 N–H and O–H groups in total. The zero-order valence-corrected chi connectivity index (χ0v) is 22.1. The van der Waals surface area contributed by atoms with Gasteiger partial charge in [-0.3, -0.25) is 4.79 Å². The maximum Gasteiger partial charge on any atom is 0.228 e. The highest BCUT2D eigenvalue weighted by Gasteiger charge is 2.27. The lowest BCUT2D eigenvalue weighted by atomic mass is 9.91. The number of amides is 1. The fraction of sp³-hybridized carbons (Fsp3) is 0.407. The van der Waals surface area contributed by atoms with Crippen molar-refractivity contribution in [1.82, 2.24) is 14.5 Å². The highest BCUT2D eigenvalue weighted by atomic mass is 32.2. The molecule has 1 aromatic heterocycles. The third-order valence-corrected chi connectivity index (χ3v) is 7.19. The summed E-state index contributed by atoms with van der Waals surface area (Å²) in [5.74, 6) is -1.15. The minimum Gasteiger partial charge on any atom is -0.383 e. The quantitative estimate of drug-likeness (QED) is 0.377. The molecule has 0 radical (unpaired) electrons. The van der Waals surface area contributed by atoms with Crippen LogP contribution in [0.1, 0.15) is 44.0 Å². The summed E-state index contributed by atoms with van der Waals surface area (Å²) in [6.07, 6.45) is 1.82. The number of carbonyl (C=O) groups is 1. The van der Waals surface area contributed by atoms with Gasteiger partial charge in [-0.2, -0.15) is 0 Å². The molecule has 3 aromatic rings. The van der Waals surface area contributed by atoms with Gasteiger partial charge in [0.2, 0.25) is 20.9 Å². The summed E-state index contributed by atoms with van der Waals surface area (Å²) < 4.78 is 47.9. The second-order valence-corrected chi connectivity index (χ2v) is 11.9. The van der Waals surface area contributed by atoms with Gasteiger partial charge in [0.05, 0.1) is 37.3 Å². The molecular formula is C27H34FN3O4S. The van der Waals surface area contributed by atoms with Gasteiger partial charge in [0.25, 0.3) is 0 Å². The van der Waals surface area contributed by atoms with Crippen molar-refractivity contribution in [2.45, 2.75) is 51.2 Å². The molecule has 0 saturated heterocycles. The molecule has 0 unspecified atom stereocenters. The molecule has 0 saturated carbocycles. The molecule has 2 aromatic carbocycles. The van der Waals surface area contributed by atoms with E-state index in [1.807, 2.05) is 51.1 Å². The number of imidazole rings is 1. The summed E-state index contributed by atoms with van der Waals surface area (Å²) in [5.41, 5.74) is 1.32. The van der Waals surface area contributed by atoms with E-state index in [1.165, 1.54) is 24.4 Å². The number of methoxy groups -OCH3 is 1. The Bertz CT molecular complexity index is 1270. The molecule has 9 heteroatoms. The molecule has 0 aliphatic heterocycles. The van der Waals surface area contributed by atoms with Crippen LogP contribution in [-0.2, 0) is 38.2 Å². The largest absolute Gasteiger partial charge is 0.383 e. The number of benzene rings is 2. The Kier molecular flexibility index (Phi) is 9.03. The van der Waals surface area contributed by atoms with Gasteiger partial charge in [-0.15, -0.1) is 0 Å². The SMILES string of the molecule is COCCN(Cc1cnc(S(=O)(=O)Cc2ccccc2F)n1Cc1ccccc1)C(=O)CC(C)(C)C. The number of hydrogen-bond acceptors (Lipinski definition) is 5. The number of halogens is 1. The normalized spacial score (nSPS) is 12.0. The average Bonchev–Trinajstić information content (AvgIpc) is 3.20. The van der Waals surface area contributed by atoms with Crippen molar-refractivity contribution in [2.75, 3.05) is 20.3 Å². The molecule has 36 heavy (non-hydrogen) atoms. The number of hydrogen-bond donors (Lipinski definition) is 0. The summed E-state index contributed by atoms with van der Waals surface area (Å²) >= 11 is 0. The van der Waals surface area contributed by atoms with E-state index >= 15 is 0 Å². The Hall–Kier alpha value is -3.04. The lowest BCUT2D eigenvalue weighted by Gasteiger charge is -2.27. The Labute approximate surface area is 212 Å². The average molecular weight is 516 g/mol. The minimum atomic E-state index is -3.98. The van der Waals surface area contributed by atoms with Crippen LogP contribution in [0.4, 0.5) is 4.39 Å². The van der Waals surface area contributed by atoms with Crippen molar-refractivity contribution in [1.29, 1.82) is 0 Å². The fourth-order valence-electron chi connectivity index (χ4n) is 3.84. The second kappa shape index (κ2) is 11.8. The highest BCUT2D eigenvalue weighted by molar-refractivity contribution is 7.90. The topological polar surface area (TPSA) is 81.5 Å². The molecule has 1 heterocycles. The molecule has 1 amide bonds. The van der Waals surface area contributed by atoms with Crippen molar-refractivity contribution in [3.8, 4) is 0 Å². The maximum absolute atomic E-state index is 14.3. The van der Waals surface area contributed by atoms with Crippen LogP contribution in [-0.4, -0.2) is 49.0 Å². The first kappa shape index (κ1) is 27.5. The van der Waals surface area contributed by atoms with Crippen LogP contribution in [0.2, 0.25) is 0 Å². The minimum absolute atomic E-state index is 0.0530. The highest BCUT2D eigenvalue weighted by Crippen LogP contribution is 2.24. The van der Waals surface area contributed by atoms with Crippen LogP contribution < -0.4 is 0 Å². The molecule has 0 bridgehead atoms. The molecule has 0 atom stereocenters. The number of ether oxygens (including phenoxy) is 1. The number of rotatable bonds is 11. The molecule has 0 aliphatic carbocycles. The van der Waals surface area contributed by atoms with Crippen molar-refractivity contribution in [3.63, 3.8) is 0 Å². The van der Waals surface area contributed by atoms with E-state index in [0.29, 0.717) is 25.3 Å². The first-order valence-corrected chi connectivity index (χ1v) is 13.5. The van der Waals surface area contributed by atoms with Gasteiger partial charge < -0.3 is 14.2 Å². The predicted molar refractivity (Wildman–Crippen MR) is 136 cm³/mol. The van der Waals surface area contributed by atoms with Gasteiger partial charge in [0.1, 0.15) is 5.82 Å². The van der Waals surface area contributed by atoms with Crippen molar-refractivity contribution in [3.05, 3.63) is 83.4 Å². The van der Waals surface area contributed by atoms with Crippen LogP contribution in [0.25, 0.3) is 0 Å². The summed E-state index contributed by atoms with van der Waals surface area (Å²) in [6.45, 7) is 7.10. The second-order valence-electron chi connectivity index (χ2n) is 10.00. The number of aromatic nitrogens is 2. The number of nitrogens with zero attached hydrogens (tertiary/aromatic N) is 3. The van der Waals surface area contributed by atoms with Crippen LogP contribution >= 0.6 is 0 Å². The van der Waals surface area contributed by atoms with E-state index in [9.17, 15) is 17.6 Å². The van der Waals surface area contributed by atoms with E-state index in [2.05, 4.69) is 4.98 Å². The summed E-state index contributed by atoms with van der Waals surface area (Å²) in [4.78, 5) is 19.0. The van der Waals surface area contributed by atoms with Gasteiger partial charge in [-0.1, -0.05) is 69.3 Å². The Morgan fingerprint density at radius 2 is 1.75 bits per heavy atom. The fourth-order valence-corrected chi connectivity index (χ4v) is 5.34. The standard InChI is InChI=1S/C27H34FN3O4S/c1-27(2,3)16-25(32)30(14-15-35-4)19-23-17-29-26(31(23)18-21-10-6-5-7-11-21)36(33,34)20-22-12-8-9-13-24(22)28/h5-13,17H,14-16,18-20H2,1-4H3. The monoisotopic (exact) mass is 515 g/mol. The smallest absolute Gasteiger partial charge is 0.228 e. The van der Waals surface area contributed by atoms with Gasteiger partial charge in [0.15, 0.2) is 0 Å². The van der Waals surface area contributed by atoms with Crippen molar-refractivity contribution < 1.29 is 22.3 Å².